The Bertz CT molecular complexity index is 756. The van der Waals surface area contributed by atoms with Crippen molar-refractivity contribution < 1.29 is 4.74 Å². The molecule has 0 atom stereocenters. The van der Waals surface area contributed by atoms with Gasteiger partial charge in [0.25, 0.3) is 0 Å². The van der Waals surface area contributed by atoms with Crippen molar-refractivity contribution in [1.82, 2.24) is 19.7 Å². The van der Waals surface area contributed by atoms with E-state index in [4.69, 9.17) is 4.74 Å². The zero-order valence-corrected chi connectivity index (χ0v) is 13.7. The van der Waals surface area contributed by atoms with Crippen molar-refractivity contribution in [2.45, 2.75) is 6.42 Å². The van der Waals surface area contributed by atoms with Crippen molar-refractivity contribution in [2.75, 3.05) is 25.6 Å². The van der Waals surface area contributed by atoms with Crippen LogP contribution in [-0.4, -0.2) is 40.0 Å². The van der Waals surface area contributed by atoms with Crippen molar-refractivity contribution in [2.24, 2.45) is 0 Å². The SMILES string of the molecule is COCCCNc1ncnc2c1cnn2-c1ccc(Br)cc1. The van der Waals surface area contributed by atoms with Gasteiger partial charge in [0.05, 0.1) is 17.3 Å². The van der Waals surface area contributed by atoms with Gasteiger partial charge >= 0.3 is 0 Å². The van der Waals surface area contributed by atoms with Crippen LogP contribution >= 0.6 is 15.9 Å². The molecule has 2 aromatic heterocycles. The van der Waals surface area contributed by atoms with Crippen molar-refractivity contribution in [3.05, 3.63) is 41.3 Å². The van der Waals surface area contributed by atoms with Crippen LogP contribution in [0, 0.1) is 0 Å². The minimum atomic E-state index is 0.722. The van der Waals surface area contributed by atoms with Gasteiger partial charge < -0.3 is 10.1 Å². The maximum absolute atomic E-state index is 5.05. The summed E-state index contributed by atoms with van der Waals surface area (Å²) in [4.78, 5) is 8.66. The van der Waals surface area contributed by atoms with Gasteiger partial charge in [-0.3, -0.25) is 0 Å². The molecule has 1 aromatic carbocycles. The van der Waals surface area contributed by atoms with Crippen LogP contribution in [0.2, 0.25) is 0 Å². The van der Waals surface area contributed by atoms with Gasteiger partial charge in [-0.2, -0.15) is 5.10 Å². The number of benzene rings is 1. The van der Waals surface area contributed by atoms with Crippen LogP contribution in [-0.2, 0) is 4.74 Å². The van der Waals surface area contributed by atoms with Gasteiger partial charge in [0, 0.05) is 24.7 Å². The first kappa shape index (κ1) is 14.9. The number of fused-ring (bicyclic) bond motifs is 1. The highest BCUT2D eigenvalue weighted by Gasteiger charge is 2.10. The third kappa shape index (κ3) is 3.10. The Balaban J connectivity index is 1.90. The molecule has 0 bridgehead atoms. The van der Waals surface area contributed by atoms with E-state index >= 15 is 0 Å². The van der Waals surface area contributed by atoms with Crippen LogP contribution in [0.15, 0.2) is 41.3 Å². The number of rotatable bonds is 6. The molecule has 7 heteroatoms. The molecule has 0 aliphatic heterocycles. The van der Waals surface area contributed by atoms with Crippen molar-refractivity contribution >= 4 is 32.8 Å². The molecule has 3 aromatic rings. The molecule has 114 valence electrons. The molecule has 0 amide bonds. The van der Waals surface area contributed by atoms with Gasteiger partial charge in [0.1, 0.15) is 12.1 Å². The smallest absolute Gasteiger partial charge is 0.168 e. The molecular formula is C15H16BrN5O. The fourth-order valence-corrected chi connectivity index (χ4v) is 2.44. The number of anilines is 1. The predicted molar refractivity (Wildman–Crippen MR) is 89.3 cm³/mol. The summed E-state index contributed by atoms with van der Waals surface area (Å²) in [6, 6.07) is 7.94. The second-order valence-corrected chi connectivity index (χ2v) is 5.68. The largest absolute Gasteiger partial charge is 0.385 e. The number of hydrogen-bond acceptors (Lipinski definition) is 5. The van der Waals surface area contributed by atoms with Crippen LogP contribution in [0.1, 0.15) is 6.42 Å². The number of aromatic nitrogens is 4. The number of ether oxygens (including phenoxy) is 1. The minimum Gasteiger partial charge on any atom is -0.385 e. The Morgan fingerprint density at radius 3 is 2.82 bits per heavy atom. The predicted octanol–water partition coefficient (Wildman–Crippen LogP) is 3.03. The monoisotopic (exact) mass is 361 g/mol. The van der Waals surface area contributed by atoms with Gasteiger partial charge in [-0.05, 0) is 30.7 Å². The highest BCUT2D eigenvalue weighted by atomic mass is 79.9. The fraction of sp³-hybridized carbons (Fsp3) is 0.267. The summed E-state index contributed by atoms with van der Waals surface area (Å²) in [7, 11) is 1.70. The van der Waals surface area contributed by atoms with E-state index in [-0.39, 0.29) is 0 Å². The zero-order valence-electron chi connectivity index (χ0n) is 12.2. The molecule has 0 fully saturated rings. The van der Waals surface area contributed by atoms with Crippen LogP contribution in [0.4, 0.5) is 5.82 Å². The standard InChI is InChI=1S/C15H16BrN5O/c1-22-8-2-7-17-14-13-9-20-21(15(13)19-10-18-14)12-5-3-11(16)4-6-12/h3-6,9-10H,2,7-8H2,1H3,(H,17,18,19). The first-order valence-electron chi connectivity index (χ1n) is 6.97. The lowest BCUT2D eigenvalue weighted by atomic mass is 10.3. The molecular weight excluding hydrogens is 346 g/mol. The van der Waals surface area contributed by atoms with Crippen molar-refractivity contribution in [3.8, 4) is 5.69 Å². The Labute approximate surface area is 136 Å². The van der Waals surface area contributed by atoms with E-state index < -0.39 is 0 Å². The second kappa shape index (κ2) is 6.85. The summed E-state index contributed by atoms with van der Waals surface area (Å²) in [5, 5.41) is 8.64. The molecule has 2 heterocycles. The lowest BCUT2D eigenvalue weighted by Gasteiger charge is -2.06. The number of hydrogen-bond donors (Lipinski definition) is 1. The molecule has 0 saturated heterocycles. The maximum Gasteiger partial charge on any atom is 0.168 e. The normalized spacial score (nSPS) is 11.0. The van der Waals surface area contributed by atoms with E-state index in [0.717, 1.165) is 46.6 Å². The summed E-state index contributed by atoms with van der Waals surface area (Å²) < 4.78 is 7.89. The highest BCUT2D eigenvalue weighted by molar-refractivity contribution is 9.10. The molecule has 0 aliphatic rings. The summed E-state index contributed by atoms with van der Waals surface area (Å²) in [6.45, 7) is 1.52. The third-order valence-corrected chi connectivity index (χ3v) is 3.78. The van der Waals surface area contributed by atoms with E-state index in [1.807, 2.05) is 28.9 Å². The average Bonchev–Trinajstić information content (AvgIpc) is 2.97. The van der Waals surface area contributed by atoms with Crippen molar-refractivity contribution in [1.29, 1.82) is 0 Å². The molecule has 1 N–H and O–H groups in total. The van der Waals surface area contributed by atoms with Crippen molar-refractivity contribution in [3.63, 3.8) is 0 Å². The number of methoxy groups -OCH3 is 1. The maximum atomic E-state index is 5.05. The summed E-state index contributed by atoms with van der Waals surface area (Å²) >= 11 is 3.44. The number of halogens is 1. The lowest BCUT2D eigenvalue weighted by molar-refractivity contribution is 0.198. The minimum absolute atomic E-state index is 0.722. The summed E-state index contributed by atoms with van der Waals surface area (Å²) in [5.41, 5.74) is 1.74. The molecule has 3 rings (SSSR count). The van der Waals surface area contributed by atoms with Gasteiger partial charge in [-0.15, -0.1) is 0 Å². The molecule has 0 radical (unpaired) electrons. The third-order valence-electron chi connectivity index (χ3n) is 3.25. The number of nitrogens with one attached hydrogen (secondary N) is 1. The Kier molecular flexibility index (Phi) is 4.65. The van der Waals surface area contributed by atoms with Gasteiger partial charge in [0.15, 0.2) is 5.65 Å². The first-order valence-corrected chi connectivity index (χ1v) is 7.76. The topological polar surface area (TPSA) is 64.9 Å². The van der Waals surface area contributed by atoms with Gasteiger partial charge in [-0.1, -0.05) is 15.9 Å². The fourth-order valence-electron chi connectivity index (χ4n) is 2.18. The zero-order chi connectivity index (χ0) is 15.4. The van der Waals surface area contributed by atoms with Gasteiger partial charge in [-0.25, -0.2) is 14.6 Å². The highest BCUT2D eigenvalue weighted by Crippen LogP contribution is 2.22. The first-order chi connectivity index (χ1) is 10.8. The van der Waals surface area contributed by atoms with E-state index in [0.29, 0.717) is 0 Å². The molecule has 0 unspecified atom stereocenters. The molecule has 22 heavy (non-hydrogen) atoms. The lowest BCUT2D eigenvalue weighted by Crippen LogP contribution is -2.06. The quantitative estimate of drug-likeness (QED) is 0.683. The van der Waals surface area contributed by atoms with E-state index in [1.165, 1.54) is 0 Å². The van der Waals surface area contributed by atoms with Crippen LogP contribution in [0.3, 0.4) is 0 Å². The molecule has 0 aliphatic carbocycles. The average molecular weight is 362 g/mol. The van der Waals surface area contributed by atoms with Gasteiger partial charge in [0.2, 0.25) is 0 Å². The Morgan fingerprint density at radius 1 is 1.23 bits per heavy atom. The van der Waals surface area contributed by atoms with Crippen LogP contribution in [0.25, 0.3) is 16.7 Å². The number of nitrogens with zero attached hydrogens (tertiary/aromatic N) is 4. The van der Waals surface area contributed by atoms with Crippen LogP contribution < -0.4 is 5.32 Å². The molecule has 0 spiro atoms. The van der Waals surface area contributed by atoms with E-state index in [2.05, 4.69) is 36.3 Å². The van der Waals surface area contributed by atoms with E-state index in [1.54, 1.807) is 19.6 Å². The van der Waals surface area contributed by atoms with E-state index in [9.17, 15) is 0 Å². The Morgan fingerprint density at radius 2 is 2.05 bits per heavy atom. The van der Waals surface area contributed by atoms with Crippen LogP contribution in [0.5, 0.6) is 0 Å². The Hall–Kier alpha value is -1.99. The summed E-state index contributed by atoms with van der Waals surface area (Å²) in [6.07, 6.45) is 4.26. The summed E-state index contributed by atoms with van der Waals surface area (Å²) in [5.74, 6) is 0.796. The molecule has 0 saturated carbocycles. The molecule has 6 nitrogen and oxygen atoms in total. The second-order valence-electron chi connectivity index (χ2n) is 4.77.